The highest BCUT2D eigenvalue weighted by molar-refractivity contribution is 9.10. The maximum atomic E-state index is 13.9. The zero-order chi connectivity index (χ0) is 15.7. The van der Waals surface area contributed by atoms with Crippen LogP contribution in [0.4, 0.5) is 4.39 Å². The number of rotatable bonds is 3. The topological polar surface area (TPSA) is 31.4 Å². The SMILES string of the molecule is COc1ccc2nc(-c3ccc(OC)c(F)c3)cc(Br)c2c1. The number of hydrogen-bond donors (Lipinski definition) is 0. The van der Waals surface area contributed by atoms with E-state index in [9.17, 15) is 4.39 Å². The molecule has 0 radical (unpaired) electrons. The lowest BCUT2D eigenvalue weighted by molar-refractivity contribution is 0.386. The van der Waals surface area contributed by atoms with Crippen molar-refractivity contribution in [3.63, 3.8) is 0 Å². The van der Waals surface area contributed by atoms with Crippen LogP contribution in [-0.4, -0.2) is 19.2 Å². The Morgan fingerprint density at radius 1 is 1.00 bits per heavy atom. The zero-order valence-electron chi connectivity index (χ0n) is 12.1. The highest BCUT2D eigenvalue weighted by Crippen LogP contribution is 2.32. The Morgan fingerprint density at radius 2 is 1.82 bits per heavy atom. The molecule has 0 aliphatic carbocycles. The van der Waals surface area contributed by atoms with E-state index >= 15 is 0 Å². The molecule has 0 saturated heterocycles. The number of nitrogens with zero attached hydrogens (tertiary/aromatic N) is 1. The van der Waals surface area contributed by atoms with Crippen molar-refractivity contribution in [3.8, 4) is 22.8 Å². The summed E-state index contributed by atoms with van der Waals surface area (Å²) in [5, 5.41) is 0.942. The van der Waals surface area contributed by atoms with Crippen molar-refractivity contribution < 1.29 is 13.9 Å². The van der Waals surface area contributed by atoms with Gasteiger partial charge in [-0.1, -0.05) is 15.9 Å². The van der Waals surface area contributed by atoms with Gasteiger partial charge in [0.1, 0.15) is 5.75 Å². The lowest BCUT2D eigenvalue weighted by Crippen LogP contribution is -1.91. The van der Waals surface area contributed by atoms with Crippen LogP contribution in [0, 0.1) is 5.82 Å². The normalized spacial score (nSPS) is 10.7. The Bertz CT molecular complexity index is 851. The first kappa shape index (κ1) is 14.8. The lowest BCUT2D eigenvalue weighted by atomic mass is 10.1. The van der Waals surface area contributed by atoms with Crippen molar-refractivity contribution in [2.75, 3.05) is 14.2 Å². The van der Waals surface area contributed by atoms with Gasteiger partial charge in [-0.05, 0) is 42.5 Å². The van der Waals surface area contributed by atoms with Crippen molar-refractivity contribution >= 4 is 26.8 Å². The van der Waals surface area contributed by atoms with E-state index in [4.69, 9.17) is 9.47 Å². The van der Waals surface area contributed by atoms with Crippen LogP contribution in [0.25, 0.3) is 22.2 Å². The largest absolute Gasteiger partial charge is 0.497 e. The monoisotopic (exact) mass is 361 g/mol. The Hall–Kier alpha value is -2.14. The van der Waals surface area contributed by atoms with Gasteiger partial charge in [0.2, 0.25) is 0 Å². The molecule has 0 unspecified atom stereocenters. The molecule has 3 rings (SSSR count). The van der Waals surface area contributed by atoms with E-state index in [1.165, 1.54) is 13.2 Å². The standard InChI is InChI=1S/C17H13BrFNO2/c1-21-11-4-5-15-12(8-11)13(18)9-16(20-15)10-3-6-17(22-2)14(19)7-10/h3-9H,1-2H3. The van der Waals surface area contributed by atoms with E-state index in [0.29, 0.717) is 11.3 Å². The fourth-order valence-corrected chi connectivity index (χ4v) is 2.80. The summed E-state index contributed by atoms with van der Waals surface area (Å²) in [7, 11) is 3.06. The predicted molar refractivity (Wildman–Crippen MR) is 87.9 cm³/mol. The number of pyridine rings is 1. The van der Waals surface area contributed by atoms with E-state index < -0.39 is 5.82 Å². The first-order chi connectivity index (χ1) is 10.6. The average Bonchev–Trinajstić information content (AvgIpc) is 2.54. The molecule has 0 atom stereocenters. The Labute approximate surface area is 135 Å². The van der Waals surface area contributed by atoms with Crippen molar-refractivity contribution in [1.82, 2.24) is 4.98 Å². The summed E-state index contributed by atoms with van der Waals surface area (Å²) < 4.78 is 24.9. The van der Waals surface area contributed by atoms with Crippen LogP contribution in [0.2, 0.25) is 0 Å². The second kappa shape index (κ2) is 5.93. The number of halogens is 2. The molecule has 0 aliphatic heterocycles. The maximum absolute atomic E-state index is 13.9. The Balaban J connectivity index is 2.14. The molecule has 22 heavy (non-hydrogen) atoms. The molecule has 0 saturated carbocycles. The van der Waals surface area contributed by atoms with Crippen LogP contribution >= 0.6 is 15.9 Å². The molecule has 5 heteroatoms. The minimum absolute atomic E-state index is 0.216. The van der Waals surface area contributed by atoms with Crippen LogP contribution in [0.3, 0.4) is 0 Å². The molecule has 2 aromatic carbocycles. The number of methoxy groups -OCH3 is 2. The second-order valence-corrected chi connectivity index (χ2v) is 5.58. The molecule has 112 valence electrons. The van der Waals surface area contributed by atoms with Crippen LogP contribution in [-0.2, 0) is 0 Å². The molecular weight excluding hydrogens is 349 g/mol. The van der Waals surface area contributed by atoms with Crippen LogP contribution in [0.5, 0.6) is 11.5 Å². The third-order valence-corrected chi connectivity index (χ3v) is 4.07. The van der Waals surface area contributed by atoms with Crippen molar-refractivity contribution in [2.24, 2.45) is 0 Å². The quantitative estimate of drug-likeness (QED) is 0.669. The van der Waals surface area contributed by atoms with Gasteiger partial charge in [-0.2, -0.15) is 0 Å². The van der Waals surface area contributed by atoms with E-state index in [1.807, 2.05) is 24.3 Å². The van der Waals surface area contributed by atoms with Crippen LogP contribution in [0.15, 0.2) is 46.9 Å². The van der Waals surface area contributed by atoms with Gasteiger partial charge in [-0.15, -0.1) is 0 Å². The molecule has 0 fully saturated rings. The van der Waals surface area contributed by atoms with E-state index in [2.05, 4.69) is 20.9 Å². The van der Waals surface area contributed by atoms with Gasteiger partial charge < -0.3 is 9.47 Å². The minimum Gasteiger partial charge on any atom is -0.497 e. The third kappa shape index (κ3) is 2.64. The van der Waals surface area contributed by atoms with Gasteiger partial charge in [-0.25, -0.2) is 9.37 Å². The average molecular weight is 362 g/mol. The van der Waals surface area contributed by atoms with E-state index in [0.717, 1.165) is 21.1 Å². The molecule has 3 aromatic rings. The number of hydrogen-bond acceptors (Lipinski definition) is 3. The van der Waals surface area contributed by atoms with Gasteiger partial charge in [0.05, 0.1) is 25.4 Å². The van der Waals surface area contributed by atoms with Gasteiger partial charge in [0.15, 0.2) is 11.6 Å². The van der Waals surface area contributed by atoms with Crippen molar-refractivity contribution in [2.45, 2.75) is 0 Å². The highest BCUT2D eigenvalue weighted by atomic mass is 79.9. The molecule has 0 bridgehead atoms. The fraction of sp³-hybridized carbons (Fsp3) is 0.118. The molecule has 0 spiro atoms. The van der Waals surface area contributed by atoms with Crippen molar-refractivity contribution in [1.29, 1.82) is 0 Å². The zero-order valence-corrected chi connectivity index (χ0v) is 13.6. The second-order valence-electron chi connectivity index (χ2n) is 4.72. The molecule has 1 heterocycles. The number of benzene rings is 2. The molecule has 0 N–H and O–H groups in total. The lowest BCUT2D eigenvalue weighted by Gasteiger charge is -2.09. The van der Waals surface area contributed by atoms with Gasteiger partial charge in [0, 0.05) is 15.4 Å². The molecule has 0 amide bonds. The summed E-state index contributed by atoms with van der Waals surface area (Å²) in [5.41, 5.74) is 2.18. The summed E-state index contributed by atoms with van der Waals surface area (Å²) in [4.78, 5) is 4.59. The van der Waals surface area contributed by atoms with Crippen LogP contribution in [0.1, 0.15) is 0 Å². The van der Waals surface area contributed by atoms with Crippen molar-refractivity contribution in [3.05, 3.63) is 52.8 Å². The smallest absolute Gasteiger partial charge is 0.165 e. The third-order valence-electron chi connectivity index (χ3n) is 3.41. The Morgan fingerprint density at radius 3 is 2.50 bits per heavy atom. The summed E-state index contributed by atoms with van der Waals surface area (Å²) in [5.74, 6) is 0.569. The summed E-state index contributed by atoms with van der Waals surface area (Å²) in [6, 6.07) is 12.3. The molecule has 1 aromatic heterocycles. The predicted octanol–water partition coefficient (Wildman–Crippen LogP) is 4.82. The summed E-state index contributed by atoms with van der Waals surface area (Å²) in [6.45, 7) is 0. The molecule has 0 aliphatic rings. The number of ether oxygens (including phenoxy) is 2. The van der Waals surface area contributed by atoms with Gasteiger partial charge >= 0.3 is 0 Å². The van der Waals surface area contributed by atoms with Gasteiger partial charge in [-0.3, -0.25) is 0 Å². The summed E-state index contributed by atoms with van der Waals surface area (Å²) >= 11 is 3.54. The highest BCUT2D eigenvalue weighted by Gasteiger charge is 2.10. The van der Waals surface area contributed by atoms with E-state index in [1.54, 1.807) is 19.2 Å². The fourth-order valence-electron chi connectivity index (χ4n) is 2.26. The number of aromatic nitrogens is 1. The number of fused-ring (bicyclic) bond motifs is 1. The molecular formula is C17H13BrFNO2. The minimum atomic E-state index is -0.409. The van der Waals surface area contributed by atoms with Gasteiger partial charge in [0.25, 0.3) is 0 Å². The Kier molecular flexibility index (Phi) is 3.98. The van der Waals surface area contributed by atoms with E-state index in [-0.39, 0.29) is 5.75 Å². The first-order valence-corrected chi connectivity index (χ1v) is 7.40. The first-order valence-electron chi connectivity index (χ1n) is 6.60. The van der Waals surface area contributed by atoms with Crippen LogP contribution < -0.4 is 9.47 Å². The maximum Gasteiger partial charge on any atom is 0.165 e. The molecule has 3 nitrogen and oxygen atoms in total. The summed E-state index contributed by atoms with van der Waals surface area (Å²) in [6.07, 6.45) is 0.